The second-order valence-corrected chi connectivity index (χ2v) is 9.61. The fourth-order valence-electron chi connectivity index (χ4n) is 2.25. The maximum absolute atomic E-state index is 12.5. The molecule has 1 aliphatic rings. The lowest BCUT2D eigenvalue weighted by Crippen LogP contribution is -2.48. The molecule has 1 saturated heterocycles. The maximum atomic E-state index is 12.5. The predicted molar refractivity (Wildman–Crippen MR) is 82.2 cm³/mol. The molecule has 2 N–H and O–H groups in total. The first-order chi connectivity index (χ1) is 8.86. The molecule has 19 heavy (non-hydrogen) atoms. The summed E-state index contributed by atoms with van der Waals surface area (Å²) in [5.41, 5.74) is 6.01. The van der Waals surface area contributed by atoms with Gasteiger partial charge in [0, 0.05) is 19.1 Å². The molecule has 8 heteroatoms. The van der Waals surface area contributed by atoms with Crippen LogP contribution in [0.2, 0.25) is 5.02 Å². The van der Waals surface area contributed by atoms with E-state index in [0.717, 1.165) is 17.8 Å². The van der Waals surface area contributed by atoms with Crippen molar-refractivity contribution >= 4 is 48.9 Å². The minimum atomic E-state index is -3.45. The molecule has 2 rings (SSSR count). The minimum absolute atomic E-state index is 0.0927. The Morgan fingerprint density at radius 2 is 2.32 bits per heavy atom. The van der Waals surface area contributed by atoms with E-state index in [0.29, 0.717) is 28.3 Å². The van der Waals surface area contributed by atoms with E-state index in [1.165, 1.54) is 10.4 Å². The van der Waals surface area contributed by atoms with Crippen LogP contribution in [0.15, 0.2) is 14.1 Å². The average molecular weight is 388 g/mol. The number of piperidine rings is 1. The van der Waals surface area contributed by atoms with E-state index in [4.69, 9.17) is 17.3 Å². The first-order valence-electron chi connectivity index (χ1n) is 6.06. The predicted octanol–water partition coefficient (Wildman–Crippen LogP) is 2.91. The summed E-state index contributed by atoms with van der Waals surface area (Å²) in [6.07, 6.45) is 1.60. The summed E-state index contributed by atoms with van der Waals surface area (Å²) in [4.78, 5) is 0. The summed E-state index contributed by atoms with van der Waals surface area (Å²) in [5, 5.41) is 0.435. The van der Waals surface area contributed by atoms with Crippen LogP contribution >= 0.6 is 38.9 Å². The van der Waals surface area contributed by atoms with Crippen molar-refractivity contribution in [2.24, 2.45) is 11.7 Å². The number of hydrogen-bond donors (Lipinski definition) is 1. The Bertz CT molecular complexity index is 542. The third-order valence-electron chi connectivity index (χ3n) is 3.50. The molecule has 0 bridgehead atoms. The smallest absolute Gasteiger partial charge is 0.252 e. The number of rotatable bonds is 3. The highest BCUT2D eigenvalue weighted by atomic mass is 79.9. The van der Waals surface area contributed by atoms with Gasteiger partial charge in [-0.1, -0.05) is 24.9 Å². The number of halogens is 2. The highest BCUT2D eigenvalue weighted by Gasteiger charge is 2.34. The third-order valence-corrected chi connectivity index (χ3v) is 8.29. The SMILES string of the molecule is CCC1CN(S(=O)(=O)c2cc(Cl)c(Br)s2)CCC1N. The summed E-state index contributed by atoms with van der Waals surface area (Å²) >= 11 is 10.3. The van der Waals surface area contributed by atoms with E-state index in [2.05, 4.69) is 15.9 Å². The van der Waals surface area contributed by atoms with Crippen LogP contribution in [0.1, 0.15) is 19.8 Å². The van der Waals surface area contributed by atoms with Gasteiger partial charge in [0.1, 0.15) is 4.21 Å². The lowest BCUT2D eigenvalue weighted by molar-refractivity contribution is 0.231. The first-order valence-corrected chi connectivity index (χ1v) is 9.49. The molecule has 2 heterocycles. The van der Waals surface area contributed by atoms with Crippen LogP contribution < -0.4 is 5.73 Å². The number of sulfonamides is 1. The minimum Gasteiger partial charge on any atom is -0.327 e. The molecular formula is C11H16BrClN2O2S2. The zero-order valence-electron chi connectivity index (χ0n) is 10.5. The Labute approximate surface area is 131 Å². The first kappa shape index (κ1) is 15.7. The Morgan fingerprint density at radius 3 is 2.84 bits per heavy atom. The molecule has 1 aliphatic heterocycles. The van der Waals surface area contributed by atoms with Gasteiger partial charge in [-0.2, -0.15) is 4.31 Å². The van der Waals surface area contributed by atoms with E-state index in [1.54, 1.807) is 0 Å². The molecule has 1 fully saturated rings. The molecule has 0 aliphatic carbocycles. The molecule has 0 aromatic carbocycles. The van der Waals surface area contributed by atoms with Gasteiger partial charge in [0.25, 0.3) is 10.0 Å². The number of nitrogens with two attached hydrogens (primary N) is 1. The third kappa shape index (κ3) is 3.16. The van der Waals surface area contributed by atoms with Gasteiger partial charge in [0.2, 0.25) is 0 Å². The van der Waals surface area contributed by atoms with Gasteiger partial charge in [0.15, 0.2) is 0 Å². The molecular weight excluding hydrogens is 372 g/mol. The fraction of sp³-hybridized carbons (Fsp3) is 0.636. The summed E-state index contributed by atoms with van der Waals surface area (Å²) in [5.74, 6) is 0.224. The van der Waals surface area contributed by atoms with Crippen LogP contribution in [0.3, 0.4) is 0 Å². The molecule has 2 atom stereocenters. The summed E-state index contributed by atoms with van der Waals surface area (Å²) < 4.78 is 27.5. The molecule has 2 unspecified atom stereocenters. The standard InChI is InChI=1S/C11H16BrClN2O2S2/c1-2-7-6-15(4-3-9(7)14)19(16,17)10-5-8(13)11(12)18-10/h5,7,9H,2-4,6,14H2,1H3. The monoisotopic (exact) mass is 386 g/mol. The Balaban J connectivity index is 2.25. The van der Waals surface area contributed by atoms with Gasteiger partial charge in [-0.3, -0.25) is 0 Å². The Morgan fingerprint density at radius 1 is 1.63 bits per heavy atom. The molecule has 0 saturated carbocycles. The van der Waals surface area contributed by atoms with Gasteiger partial charge in [-0.15, -0.1) is 11.3 Å². The topological polar surface area (TPSA) is 63.4 Å². The van der Waals surface area contributed by atoms with Gasteiger partial charge in [-0.25, -0.2) is 8.42 Å². The summed E-state index contributed by atoms with van der Waals surface area (Å²) in [6.45, 7) is 3.01. The van der Waals surface area contributed by atoms with Crippen LogP contribution in [0.25, 0.3) is 0 Å². The van der Waals surface area contributed by atoms with Crippen molar-refractivity contribution in [2.75, 3.05) is 13.1 Å². The lowest BCUT2D eigenvalue weighted by Gasteiger charge is -2.35. The Hall–Kier alpha value is 0.340. The molecule has 0 spiro atoms. The van der Waals surface area contributed by atoms with Crippen molar-refractivity contribution < 1.29 is 8.42 Å². The highest BCUT2D eigenvalue weighted by molar-refractivity contribution is 9.11. The van der Waals surface area contributed by atoms with Gasteiger partial charge < -0.3 is 5.73 Å². The van der Waals surface area contributed by atoms with Crippen molar-refractivity contribution in [3.63, 3.8) is 0 Å². The molecule has 108 valence electrons. The van der Waals surface area contributed by atoms with Crippen LogP contribution in [0.5, 0.6) is 0 Å². The zero-order valence-corrected chi connectivity index (χ0v) is 14.4. The summed E-state index contributed by atoms with van der Waals surface area (Å²) in [7, 11) is -3.45. The van der Waals surface area contributed by atoms with Crippen molar-refractivity contribution in [1.29, 1.82) is 0 Å². The van der Waals surface area contributed by atoms with Crippen LogP contribution in [-0.2, 0) is 10.0 Å². The molecule has 4 nitrogen and oxygen atoms in total. The van der Waals surface area contributed by atoms with Crippen molar-refractivity contribution in [1.82, 2.24) is 4.31 Å². The molecule has 0 amide bonds. The van der Waals surface area contributed by atoms with Gasteiger partial charge >= 0.3 is 0 Å². The van der Waals surface area contributed by atoms with Crippen molar-refractivity contribution in [3.8, 4) is 0 Å². The van der Waals surface area contributed by atoms with E-state index in [-0.39, 0.29) is 16.2 Å². The molecule has 1 aromatic heterocycles. The van der Waals surface area contributed by atoms with Crippen LogP contribution in [-0.4, -0.2) is 31.9 Å². The van der Waals surface area contributed by atoms with Crippen LogP contribution in [0, 0.1) is 5.92 Å². The Kier molecular flexibility index (Phi) is 4.96. The van der Waals surface area contributed by atoms with E-state index in [9.17, 15) is 8.42 Å². The second-order valence-electron chi connectivity index (χ2n) is 4.67. The van der Waals surface area contributed by atoms with E-state index >= 15 is 0 Å². The van der Waals surface area contributed by atoms with Gasteiger partial charge in [-0.05, 0) is 34.3 Å². The largest absolute Gasteiger partial charge is 0.327 e. The average Bonchev–Trinajstić information content (AvgIpc) is 2.70. The second kappa shape index (κ2) is 5.99. The molecule has 1 aromatic rings. The van der Waals surface area contributed by atoms with E-state index < -0.39 is 10.0 Å². The van der Waals surface area contributed by atoms with Crippen LogP contribution in [0.4, 0.5) is 0 Å². The molecule has 0 radical (unpaired) electrons. The zero-order chi connectivity index (χ0) is 14.2. The number of thiophene rings is 1. The highest BCUT2D eigenvalue weighted by Crippen LogP contribution is 2.36. The van der Waals surface area contributed by atoms with Crippen molar-refractivity contribution in [2.45, 2.75) is 30.0 Å². The van der Waals surface area contributed by atoms with Crippen molar-refractivity contribution in [3.05, 3.63) is 14.9 Å². The quantitative estimate of drug-likeness (QED) is 0.867. The van der Waals surface area contributed by atoms with Gasteiger partial charge in [0.05, 0.1) is 8.81 Å². The number of hydrogen-bond acceptors (Lipinski definition) is 4. The normalized spacial score (nSPS) is 25.7. The number of nitrogens with zero attached hydrogens (tertiary/aromatic N) is 1. The lowest BCUT2D eigenvalue weighted by atomic mass is 9.92. The fourth-order valence-corrected chi connectivity index (χ4v) is 6.31. The van der Waals surface area contributed by atoms with E-state index in [1.807, 2.05) is 6.92 Å². The maximum Gasteiger partial charge on any atom is 0.252 e. The summed E-state index contributed by atoms with van der Waals surface area (Å²) in [6, 6.07) is 1.59.